The number of thiazole rings is 1. The van der Waals surface area contributed by atoms with Gasteiger partial charge in [0, 0.05) is 18.7 Å². The minimum Gasteiger partial charge on any atom is -0.493 e. The van der Waals surface area contributed by atoms with E-state index in [1.165, 1.54) is 11.3 Å². The van der Waals surface area contributed by atoms with Crippen LogP contribution in [0.15, 0.2) is 18.2 Å². The molecule has 0 spiro atoms. The van der Waals surface area contributed by atoms with E-state index < -0.39 is 0 Å². The van der Waals surface area contributed by atoms with Gasteiger partial charge in [0.1, 0.15) is 9.88 Å². The number of aryl methyl sites for hydroxylation is 1. The van der Waals surface area contributed by atoms with E-state index >= 15 is 0 Å². The summed E-state index contributed by atoms with van der Waals surface area (Å²) in [6, 6.07) is 5.61. The molecule has 0 unspecified atom stereocenters. The van der Waals surface area contributed by atoms with Crippen LogP contribution in [-0.4, -0.2) is 44.4 Å². The maximum Gasteiger partial charge on any atom is 0.263 e. The molecule has 1 aliphatic heterocycles. The summed E-state index contributed by atoms with van der Waals surface area (Å²) in [5.74, 6) is 1.20. The van der Waals surface area contributed by atoms with Gasteiger partial charge in [-0.1, -0.05) is 0 Å². The van der Waals surface area contributed by atoms with Crippen LogP contribution in [0.3, 0.4) is 0 Å². The number of carbonyl (C=O) groups excluding carboxylic acids is 1. The van der Waals surface area contributed by atoms with Crippen molar-refractivity contribution in [3.05, 3.63) is 28.8 Å². The number of aromatic nitrogens is 1. The first kappa shape index (κ1) is 17.7. The zero-order chi connectivity index (χ0) is 17.8. The van der Waals surface area contributed by atoms with Gasteiger partial charge in [0.2, 0.25) is 0 Å². The van der Waals surface area contributed by atoms with Crippen molar-refractivity contribution in [2.75, 3.05) is 27.4 Å². The molecule has 134 valence electrons. The van der Waals surface area contributed by atoms with Gasteiger partial charge in [0.05, 0.1) is 26.0 Å². The van der Waals surface area contributed by atoms with Gasteiger partial charge in [-0.15, -0.1) is 11.3 Å². The van der Waals surface area contributed by atoms with E-state index in [4.69, 9.17) is 14.2 Å². The number of ether oxygens (including phenoxy) is 3. The average Bonchev–Trinajstić information content (AvgIpc) is 3.28. The Morgan fingerprint density at radius 1 is 1.36 bits per heavy atom. The Morgan fingerprint density at radius 3 is 2.84 bits per heavy atom. The van der Waals surface area contributed by atoms with Gasteiger partial charge in [-0.3, -0.25) is 4.79 Å². The van der Waals surface area contributed by atoms with E-state index in [1.807, 2.05) is 25.1 Å². The third-order valence-corrected chi connectivity index (χ3v) is 5.35. The quantitative estimate of drug-likeness (QED) is 0.855. The molecule has 1 aromatic heterocycles. The zero-order valence-corrected chi connectivity index (χ0v) is 15.4. The molecule has 2 aromatic rings. The van der Waals surface area contributed by atoms with Gasteiger partial charge in [-0.2, -0.15) is 0 Å². The molecule has 1 N–H and O–H groups in total. The van der Waals surface area contributed by atoms with Crippen LogP contribution in [-0.2, 0) is 4.74 Å². The fraction of sp³-hybridized carbons (Fsp3) is 0.444. The fourth-order valence-electron chi connectivity index (χ4n) is 2.79. The second kappa shape index (κ2) is 7.84. The van der Waals surface area contributed by atoms with Gasteiger partial charge >= 0.3 is 0 Å². The predicted molar refractivity (Wildman–Crippen MR) is 96.7 cm³/mol. The first-order valence-corrected chi connectivity index (χ1v) is 9.03. The van der Waals surface area contributed by atoms with Crippen LogP contribution in [0.4, 0.5) is 0 Å². The molecule has 2 heterocycles. The number of benzene rings is 1. The molecule has 0 bridgehead atoms. The minimum absolute atomic E-state index is 0.0998. The molecule has 1 aliphatic rings. The highest BCUT2D eigenvalue weighted by molar-refractivity contribution is 7.17. The summed E-state index contributed by atoms with van der Waals surface area (Å²) < 4.78 is 16.1. The Bertz CT molecular complexity index is 754. The first-order valence-electron chi connectivity index (χ1n) is 8.22. The monoisotopic (exact) mass is 362 g/mol. The maximum atomic E-state index is 12.4. The van der Waals surface area contributed by atoms with Crippen molar-refractivity contribution in [3.63, 3.8) is 0 Å². The van der Waals surface area contributed by atoms with Crippen molar-refractivity contribution in [1.82, 2.24) is 10.3 Å². The summed E-state index contributed by atoms with van der Waals surface area (Å²) in [7, 11) is 3.19. The molecule has 1 saturated heterocycles. The zero-order valence-electron chi connectivity index (χ0n) is 14.6. The molecular formula is C18H22N2O4S. The molecule has 6 nitrogen and oxygen atoms in total. The lowest BCUT2D eigenvalue weighted by atomic mass is 10.2. The number of nitrogens with zero attached hydrogens (tertiary/aromatic N) is 1. The molecule has 0 saturated carbocycles. The van der Waals surface area contributed by atoms with Crippen molar-refractivity contribution < 1.29 is 19.0 Å². The number of hydrogen-bond acceptors (Lipinski definition) is 6. The number of carbonyl (C=O) groups is 1. The van der Waals surface area contributed by atoms with E-state index in [-0.39, 0.29) is 12.0 Å². The average molecular weight is 362 g/mol. The molecule has 1 aromatic carbocycles. The molecule has 25 heavy (non-hydrogen) atoms. The molecular weight excluding hydrogens is 340 g/mol. The van der Waals surface area contributed by atoms with Crippen molar-refractivity contribution in [2.24, 2.45) is 0 Å². The van der Waals surface area contributed by atoms with E-state index in [9.17, 15) is 4.79 Å². The van der Waals surface area contributed by atoms with E-state index in [0.29, 0.717) is 22.9 Å². The predicted octanol–water partition coefficient (Wildman–Crippen LogP) is 3.04. The van der Waals surface area contributed by atoms with Crippen LogP contribution >= 0.6 is 11.3 Å². The standard InChI is InChI=1S/C18H22N2O4S/c1-11-16(17(21)19-10-13-5-4-8-24-13)25-18(20-11)12-6-7-14(22-2)15(9-12)23-3/h6-7,9,13H,4-5,8,10H2,1-3H3,(H,19,21)/t13-/m0/s1. The van der Waals surface area contributed by atoms with Gasteiger partial charge in [0.25, 0.3) is 5.91 Å². The summed E-state index contributed by atoms with van der Waals surface area (Å²) in [4.78, 5) is 17.6. The largest absolute Gasteiger partial charge is 0.493 e. The van der Waals surface area contributed by atoms with Crippen molar-refractivity contribution in [2.45, 2.75) is 25.9 Å². The first-order chi connectivity index (χ1) is 12.1. The maximum absolute atomic E-state index is 12.4. The molecule has 7 heteroatoms. The topological polar surface area (TPSA) is 69.7 Å². The second-order valence-electron chi connectivity index (χ2n) is 5.85. The molecule has 0 radical (unpaired) electrons. The summed E-state index contributed by atoms with van der Waals surface area (Å²) in [6.45, 7) is 3.17. The summed E-state index contributed by atoms with van der Waals surface area (Å²) in [5.41, 5.74) is 1.61. The van der Waals surface area contributed by atoms with Gasteiger partial charge in [0.15, 0.2) is 11.5 Å². The van der Waals surface area contributed by atoms with Crippen molar-refractivity contribution in [1.29, 1.82) is 0 Å². The van der Waals surface area contributed by atoms with Crippen molar-refractivity contribution >= 4 is 17.2 Å². The fourth-order valence-corrected chi connectivity index (χ4v) is 3.77. The van der Waals surface area contributed by atoms with Crippen LogP contribution in [0.25, 0.3) is 10.6 Å². The highest BCUT2D eigenvalue weighted by atomic mass is 32.1. The van der Waals surface area contributed by atoms with Crippen LogP contribution < -0.4 is 14.8 Å². The van der Waals surface area contributed by atoms with Gasteiger partial charge < -0.3 is 19.5 Å². The number of methoxy groups -OCH3 is 2. The Balaban J connectivity index is 1.76. The van der Waals surface area contributed by atoms with Gasteiger partial charge in [-0.05, 0) is 38.0 Å². The number of hydrogen-bond donors (Lipinski definition) is 1. The number of rotatable bonds is 6. The second-order valence-corrected chi connectivity index (χ2v) is 6.85. The SMILES string of the molecule is COc1ccc(-c2nc(C)c(C(=O)NC[C@@H]3CCCO3)s2)cc1OC. The number of nitrogens with one attached hydrogen (secondary N) is 1. The normalized spacial score (nSPS) is 16.7. The van der Waals surface area contributed by atoms with Crippen LogP contribution in [0.2, 0.25) is 0 Å². The van der Waals surface area contributed by atoms with Crippen LogP contribution in [0.5, 0.6) is 11.5 Å². The van der Waals surface area contributed by atoms with E-state index in [2.05, 4.69) is 10.3 Å². The Morgan fingerprint density at radius 2 is 2.16 bits per heavy atom. The Hall–Kier alpha value is -2.12. The number of amides is 1. The highest BCUT2D eigenvalue weighted by Crippen LogP contribution is 2.34. The summed E-state index contributed by atoms with van der Waals surface area (Å²) in [5, 5.41) is 3.73. The summed E-state index contributed by atoms with van der Waals surface area (Å²) >= 11 is 1.38. The molecule has 1 atom stereocenters. The van der Waals surface area contributed by atoms with E-state index in [1.54, 1.807) is 14.2 Å². The van der Waals surface area contributed by atoms with Crippen LogP contribution in [0, 0.1) is 6.92 Å². The lowest BCUT2D eigenvalue weighted by Crippen LogP contribution is -2.31. The van der Waals surface area contributed by atoms with E-state index in [0.717, 1.165) is 35.7 Å². The molecule has 1 amide bonds. The smallest absolute Gasteiger partial charge is 0.263 e. The molecule has 0 aliphatic carbocycles. The molecule has 1 fully saturated rings. The van der Waals surface area contributed by atoms with Crippen LogP contribution in [0.1, 0.15) is 28.2 Å². The third kappa shape index (κ3) is 3.93. The lowest BCUT2D eigenvalue weighted by molar-refractivity contribution is 0.0860. The Kier molecular flexibility index (Phi) is 5.55. The third-order valence-electron chi connectivity index (χ3n) is 4.15. The minimum atomic E-state index is -0.0998. The molecule has 3 rings (SSSR count). The van der Waals surface area contributed by atoms with Gasteiger partial charge in [-0.25, -0.2) is 4.98 Å². The summed E-state index contributed by atoms with van der Waals surface area (Å²) in [6.07, 6.45) is 2.19. The lowest BCUT2D eigenvalue weighted by Gasteiger charge is -2.10. The Labute approximate surface area is 151 Å². The highest BCUT2D eigenvalue weighted by Gasteiger charge is 2.20. The van der Waals surface area contributed by atoms with Crippen molar-refractivity contribution in [3.8, 4) is 22.1 Å².